The highest BCUT2D eigenvalue weighted by Gasteiger charge is 2.26. The summed E-state index contributed by atoms with van der Waals surface area (Å²) in [5, 5.41) is 8.88. The quantitative estimate of drug-likeness (QED) is 0.865. The molecule has 1 aliphatic rings. The maximum Gasteiger partial charge on any atom is 0.323 e. The summed E-state index contributed by atoms with van der Waals surface area (Å²) in [5.74, 6) is -1.07. The Morgan fingerprint density at radius 3 is 3.00 bits per heavy atom. The van der Waals surface area contributed by atoms with E-state index in [1.54, 1.807) is 23.2 Å². The van der Waals surface area contributed by atoms with Crippen LogP contribution >= 0.6 is 0 Å². The second-order valence-electron chi connectivity index (χ2n) is 5.30. The fraction of sp³-hybridized carbons (Fsp3) is 0.600. The number of hydrogen-bond donors (Lipinski definition) is 1. The van der Waals surface area contributed by atoms with Crippen molar-refractivity contribution in [3.8, 4) is 0 Å². The molecule has 1 saturated heterocycles. The highest BCUT2D eigenvalue weighted by atomic mass is 16.5. The van der Waals surface area contributed by atoms with Crippen LogP contribution in [0, 0.1) is 0 Å². The van der Waals surface area contributed by atoms with Crippen LogP contribution in [0.3, 0.4) is 0 Å². The average molecular weight is 294 g/mol. The summed E-state index contributed by atoms with van der Waals surface area (Å²) in [5.41, 5.74) is 0.425. The summed E-state index contributed by atoms with van der Waals surface area (Å²) in [4.78, 5) is 25.1. The van der Waals surface area contributed by atoms with E-state index in [0.29, 0.717) is 25.4 Å². The molecule has 0 spiro atoms. The van der Waals surface area contributed by atoms with E-state index in [4.69, 9.17) is 9.84 Å². The summed E-state index contributed by atoms with van der Waals surface area (Å²) < 4.78 is 7.20. The molecule has 0 saturated carbocycles. The number of carboxylic acid groups (broad SMARTS) is 1. The summed E-state index contributed by atoms with van der Waals surface area (Å²) in [6.45, 7) is 3.85. The first-order valence-electron chi connectivity index (χ1n) is 7.39. The third-order valence-corrected chi connectivity index (χ3v) is 3.58. The van der Waals surface area contributed by atoms with E-state index in [0.717, 1.165) is 19.3 Å². The summed E-state index contributed by atoms with van der Waals surface area (Å²) >= 11 is 0. The van der Waals surface area contributed by atoms with Crippen molar-refractivity contribution in [1.82, 2.24) is 9.47 Å². The number of carbonyl (C=O) groups is 2. The molecule has 1 fully saturated rings. The highest BCUT2D eigenvalue weighted by molar-refractivity contribution is 5.93. The van der Waals surface area contributed by atoms with Crippen molar-refractivity contribution in [3.63, 3.8) is 0 Å². The standard InChI is InChI=1S/C15H22N2O4/c1-2-9-21-12-5-3-8-17(10-12)15(20)13-6-4-7-16(13)11-14(18)19/h4,6-7,12H,2-3,5,8-11H2,1H3,(H,18,19). The first kappa shape index (κ1) is 15.6. The van der Waals surface area contributed by atoms with Gasteiger partial charge in [0, 0.05) is 25.9 Å². The Morgan fingerprint density at radius 1 is 1.48 bits per heavy atom. The van der Waals surface area contributed by atoms with E-state index in [1.807, 2.05) is 0 Å². The zero-order chi connectivity index (χ0) is 15.2. The van der Waals surface area contributed by atoms with Crippen LogP contribution in [0.4, 0.5) is 0 Å². The first-order chi connectivity index (χ1) is 10.1. The number of rotatable bonds is 6. The van der Waals surface area contributed by atoms with Crippen LogP contribution < -0.4 is 0 Å². The maximum absolute atomic E-state index is 12.5. The minimum Gasteiger partial charge on any atom is -0.480 e. The number of piperidine rings is 1. The summed E-state index contributed by atoms with van der Waals surface area (Å²) in [7, 11) is 0. The van der Waals surface area contributed by atoms with Crippen LogP contribution in [0.2, 0.25) is 0 Å². The number of carboxylic acids is 1. The Morgan fingerprint density at radius 2 is 2.29 bits per heavy atom. The molecular formula is C15H22N2O4. The lowest BCUT2D eigenvalue weighted by atomic mass is 10.1. The molecule has 1 aromatic rings. The molecule has 2 heterocycles. The minimum atomic E-state index is -0.956. The van der Waals surface area contributed by atoms with Gasteiger partial charge in [-0.15, -0.1) is 0 Å². The van der Waals surface area contributed by atoms with E-state index >= 15 is 0 Å². The third-order valence-electron chi connectivity index (χ3n) is 3.58. The smallest absolute Gasteiger partial charge is 0.323 e. The molecular weight excluding hydrogens is 272 g/mol. The average Bonchev–Trinajstić information content (AvgIpc) is 2.92. The van der Waals surface area contributed by atoms with Gasteiger partial charge in [-0.25, -0.2) is 0 Å². The molecule has 1 N–H and O–H groups in total. The van der Waals surface area contributed by atoms with Crippen LogP contribution in [0.1, 0.15) is 36.7 Å². The van der Waals surface area contributed by atoms with Gasteiger partial charge < -0.3 is 19.3 Å². The zero-order valence-corrected chi connectivity index (χ0v) is 12.3. The fourth-order valence-corrected chi connectivity index (χ4v) is 2.60. The fourth-order valence-electron chi connectivity index (χ4n) is 2.60. The van der Waals surface area contributed by atoms with Gasteiger partial charge in [0.05, 0.1) is 6.10 Å². The van der Waals surface area contributed by atoms with Crippen molar-refractivity contribution in [1.29, 1.82) is 0 Å². The number of aromatic nitrogens is 1. The van der Waals surface area contributed by atoms with Gasteiger partial charge in [-0.2, -0.15) is 0 Å². The van der Waals surface area contributed by atoms with Crippen molar-refractivity contribution in [2.75, 3.05) is 19.7 Å². The third kappa shape index (κ3) is 4.07. The minimum absolute atomic E-state index is 0.0885. The van der Waals surface area contributed by atoms with Gasteiger partial charge in [0.2, 0.25) is 0 Å². The Balaban J connectivity index is 2.02. The normalized spacial score (nSPS) is 18.7. The first-order valence-corrected chi connectivity index (χ1v) is 7.39. The maximum atomic E-state index is 12.5. The highest BCUT2D eigenvalue weighted by Crippen LogP contribution is 2.17. The number of aliphatic carboxylic acids is 1. The van der Waals surface area contributed by atoms with E-state index < -0.39 is 5.97 Å². The number of carbonyl (C=O) groups excluding carboxylic acids is 1. The van der Waals surface area contributed by atoms with Crippen molar-refractivity contribution in [2.24, 2.45) is 0 Å². The predicted octanol–water partition coefficient (Wildman–Crippen LogP) is 1.60. The Bertz CT molecular complexity index is 498. The van der Waals surface area contributed by atoms with Gasteiger partial charge in [0.25, 0.3) is 5.91 Å². The Labute approximate surface area is 124 Å². The molecule has 6 nitrogen and oxygen atoms in total. The van der Waals surface area contributed by atoms with Gasteiger partial charge in [0.1, 0.15) is 12.2 Å². The summed E-state index contributed by atoms with van der Waals surface area (Å²) in [6.07, 6.45) is 4.56. The van der Waals surface area contributed by atoms with Crippen molar-refractivity contribution in [3.05, 3.63) is 24.0 Å². The topological polar surface area (TPSA) is 71.8 Å². The molecule has 116 valence electrons. The monoisotopic (exact) mass is 294 g/mol. The van der Waals surface area contributed by atoms with Crippen molar-refractivity contribution >= 4 is 11.9 Å². The molecule has 1 amide bonds. The van der Waals surface area contributed by atoms with E-state index in [1.165, 1.54) is 4.57 Å². The lowest BCUT2D eigenvalue weighted by molar-refractivity contribution is -0.137. The number of nitrogens with zero attached hydrogens (tertiary/aromatic N) is 2. The van der Waals surface area contributed by atoms with Crippen LogP contribution in [0.15, 0.2) is 18.3 Å². The second-order valence-corrected chi connectivity index (χ2v) is 5.30. The number of amides is 1. The second kappa shape index (κ2) is 7.26. The zero-order valence-electron chi connectivity index (χ0n) is 12.3. The van der Waals surface area contributed by atoms with Crippen molar-refractivity contribution < 1.29 is 19.4 Å². The molecule has 1 unspecified atom stereocenters. The van der Waals surface area contributed by atoms with Crippen LogP contribution in [0.25, 0.3) is 0 Å². The molecule has 6 heteroatoms. The molecule has 21 heavy (non-hydrogen) atoms. The van der Waals surface area contributed by atoms with E-state index in [-0.39, 0.29) is 18.6 Å². The Kier molecular flexibility index (Phi) is 5.38. The van der Waals surface area contributed by atoms with Crippen LogP contribution in [-0.2, 0) is 16.1 Å². The molecule has 2 rings (SSSR count). The van der Waals surface area contributed by atoms with Crippen LogP contribution in [-0.4, -0.2) is 52.3 Å². The molecule has 1 aromatic heterocycles. The molecule has 0 bridgehead atoms. The lowest BCUT2D eigenvalue weighted by Gasteiger charge is -2.32. The van der Waals surface area contributed by atoms with E-state index in [9.17, 15) is 9.59 Å². The van der Waals surface area contributed by atoms with Crippen molar-refractivity contribution in [2.45, 2.75) is 38.8 Å². The number of ether oxygens (including phenoxy) is 1. The van der Waals surface area contributed by atoms with Gasteiger partial charge >= 0.3 is 5.97 Å². The molecule has 1 atom stereocenters. The largest absolute Gasteiger partial charge is 0.480 e. The molecule has 1 aliphatic heterocycles. The lowest BCUT2D eigenvalue weighted by Crippen LogP contribution is -2.44. The van der Waals surface area contributed by atoms with Gasteiger partial charge in [-0.05, 0) is 31.4 Å². The molecule has 0 radical (unpaired) electrons. The summed E-state index contributed by atoms with van der Waals surface area (Å²) in [6, 6.07) is 3.37. The van der Waals surface area contributed by atoms with E-state index in [2.05, 4.69) is 6.92 Å². The Hall–Kier alpha value is -1.82. The number of likely N-dealkylation sites (tertiary alicyclic amines) is 1. The van der Waals surface area contributed by atoms with Gasteiger partial charge in [-0.1, -0.05) is 6.92 Å². The molecule has 0 aromatic carbocycles. The predicted molar refractivity (Wildman–Crippen MR) is 77.2 cm³/mol. The number of hydrogen-bond acceptors (Lipinski definition) is 3. The van der Waals surface area contributed by atoms with Gasteiger partial charge in [0.15, 0.2) is 0 Å². The van der Waals surface area contributed by atoms with Crippen LogP contribution in [0.5, 0.6) is 0 Å². The SMILES string of the molecule is CCCOC1CCCN(C(=O)c2cccn2CC(=O)O)C1. The van der Waals surface area contributed by atoms with Gasteiger partial charge in [-0.3, -0.25) is 9.59 Å². The molecule has 0 aliphatic carbocycles.